The molecule has 1 heterocycles. The van der Waals surface area contributed by atoms with Gasteiger partial charge in [-0.15, -0.1) is 0 Å². The van der Waals surface area contributed by atoms with Crippen LogP contribution >= 0.6 is 0 Å². The summed E-state index contributed by atoms with van der Waals surface area (Å²) in [4.78, 5) is 9.23. The highest BCUT2D eigenvalue weighted by Gasteiger charge is 2.10. The van der Waals surface area contributed by atoms with Gasteiger partial charge in [0.1, 0.15) is 5.82 Å². The molecule has 0 fully saturated rings. The molecule has 21 heavy (non-hydrogen) atoms. The fraction of sp³-hybridized carbons (Fsp3) is 0.444. The first-order valence-electron chi connectivity index (χ1n) is 7.62. The predicted octanol–water partition coefficient (Wildman–Crippen LogP) is 3.66. The zero-order valence-electron chi connectivity index (χ0n) is 13.7. The topological polar surface area (TPSA) is 37.8 Å². The molecule has 2 aromatic rings. The molecular weight excluding hydrogens is 258 g/mol. The lowest BCUT2D eigenvalue weighted by molar-refractivity contribution is 0.588. The number of aryl methyl sites for hydroxylation is 3. The fourth-order valence-corrected chi connectivity index (χ4v) is 2.80. The van der Waals surface area contributed by atoms with E-state index in [1.807, 2.05) is 6.20 Å². The van der Waals surface area contributed by atoms with E-state index in [0.717, 1.165) is 24.5 Å². The molecule has 0 aliphatic heterocycles. The molecule has 0 saturated heterocycles. The quantitative estimate of drug-likeness (QED) is 0.910. The van der Waals surface area contributed by atoms with Crippen LogP contribution in [0.1, 0.15) is 53.7 Å². The molecule has 0 saturated carbocycles. The Kier molecular flexibility index (Phi) is 5.07. The van der Waals surface area contributed by atoms with Crippen molar-refractivity contribution in [1.82, 2.24) is 15.3 Å². The van der Waals surface area contributed by atoms with E-state index in [4.69, 9.17) is 0 Å². The highest BCUT2D eigenvalue weighted by molar-refractivity contribution is 5.31. The lowest BCUT2D eigenvalue weighted by Gasteiger charge is -2.15. The zero-order valence-corrected chi connectivity index (χ0v) is 13.7. The number of aromatic nitrogens is 2. The van der Waals surface area contributed by atoms with Crippen molar-refractivity contribution in [3.8, 4) is 0 Å². The minimum absolute atomic E-state index is 0.297. The number of benzene rings is 1. The summed E-state index contributed by atoms with van der Waals surface area (Å²) in [7, 11) is 0. The number of rotatable bonds is 5. The summed E-state index contributed by atoms with van der Waals surface area (Å²) in [5.74, 6) is 0.893. The van der Waals surface area contributed by atoms with Gasteiger partial charge in [-0.1, -0.05) is 36.2 Å². The smallest absolute Gasteiger partial charge is 0.132 e. The number of hydrogen-bond donors (Lipinski definition) is 1. The van der Waals surface area contributed by atoms with Crippen LogP contribution in [-0.4, -0.2) is 16.5 Å². The van der Waals surface area contributed by atoms with Gasteiger partial charge in [-0.2, -0.15) is 0 Å². The molecule has 1 aromatic heterocycles. The minimum Gasteiger partial charge on any atom is -0.310 e. The standard InChI is InChI=1S/C18H25N3/c1-6-19-14(4)17-11-20-18(21-15(17)5)10-16-8-12(2)7-13(3)9-16/h7-9,11,14,19H,6,10H2,1-5H3. The van der Waals surface area contributed by atoms with E-state index in [-0.39, 0.29) is 0 Å². The van der Waals surface area contributed by atoms with Crippen molar-refractivity contribution in [2.45, 2.75) is 47.1 Å². The van der Waals surface area contributed by atoms with E-state index in [1.54, 1.807) is 0 Å². The molecule has 0 spiro atoms. The van der Waals surface area contributed by atoms with E-state index in [1.165, 1.54) is 22.3 Å². The van der Waals surface area contributed by atoms with E-state index in [2.05, 4.69) is 68.1 Å². The van der Waals surface area contributed by atoms with Crippen molar-refractivity contribution in [1.29, 1.82) is 0 Å². The maximum Gasteiger partial charge on any atom is 0.132 e. The van der Waals surface area contributed by atoms with Crippen LogP contribution in [0.3, 0.4) is 0 Å². The molecule has 2 rings (SSSR count). The Morgan fingerprint density at radius 3 is 2.33 bits per heavy atom. The molecule has 1 unspecified atom stereocenters. The molecule has 0 aliphatic rings. The Hall–Kier alpha value is -1.74. The number of nitrogens with zero attached hydrogens (tertiary/aromatic N) is 2. The second-order valence-electron chi connectivity index (χ2n) is 5.78. The molecule has 1 N–H and O–H groups in total. The van der Waals surface area contributed by atoms with Crippen LogP contribution in [0.5, 0.6) is 0 Å². The summed E-state index contributed by atoms with van der Waals surface area (Å²) in [5.41, 5.74) is 6.11. The SMILES string of the molecule is CCNC(C)c1cnc(Cc2cc(C)cc(C)c2)nc1C. The fourth-order valence-electron chi connectivity index (χ4n) is 2.80. The third-order valence-electron chi connectivity index (χ3n) is 3.69. The monoisotopic (exact) mass is 283 g/mol. The van der Waals surface area contributed by atoms with Gasteiger partial charge in [-0.05, 0) is 39.8 Å². The summed E-state index contributed by atoms with van der Waals surface area (Å²) in [5, 5.41) is 3.41. The average molecular weight is 283 g/mol. The highest BCUT2D eigenvalue weighted by Crippen LogP contribution is 2.16. The van der Waals surface area contributed by atoms with Gasteiger partial charge < -0.3 is 5.32 Å². The van der Waals surface area contributed by atoms with Crippen molar-refractivity contribution in [3.63, 3.8) is 0 Å². The van der Waals surface area contributed by atoms with Crippen LogP contribution in [0.4, 0.5) is 0 Å². The summed E-state index contributed by atoms with van der Waals surface area (Å²) in [6, 6.07) is 6.91. The van der Waals surface area contributed by atoms with Gasteiger partial charge in [-0.25, -0.2) is 9.97 Å². The molecule has 0 radical (unpaired) electrons. The molecule has 0 amide bonds. The Bertz CT molecular complexity index is 600. The average Bonchev–Trinajstić information content (AvgIpc) is 2.37. The second kappa shape index (κ2) is 6.81. The first-order valence-corrected chi connectivity index (χ1v) is 7.62. The molecule has 1 aromatic carbocycles. The second-order valence-corrected chi connectivity index (χ2v) is 5.78. The van der Waals surface area contributed by atoms with Crippen molar-refractivity contribution < 1.29 is 0 Å². The molecule has 1 atom stereocenters. The maximum absolute atomic E-state index is 4.68. The van der Waals surface area contributed by atoms with E-state index in [9.17, 15) is 0 Å². The first-order chi connectivity index (χ1) is 9.99. The summed E-state index contributed by atoms with van der Waals surface area (Å²) >= 11 is 0. The van der Waals surface area contributed by atoms with Gasteiger partial charge in [-0.3, -0.25) is 0 Å². The van der Waals surface area contributed by atoms with Crippen LogP contribution < -0.4 is 5.32 Å². The van der Waals surface area contributed by atoms with Gasteiger partial charge in [0.25, 0.3) is 0 Å². The van der Waals surface area contributed by atoms with Crippen molar-refractivity contribution in [2.24, 2.45) is 0 Å². The molecule has 112 valence electrons. The Balaban J connectivity index is 2.20. The largest absolute Gasteiger partial charge is 0.310 e. The Labute approximate surface area is 127 Å². The van der Waals surface area contributed by atoms with Gasteiger partial charge in [0, 0.05) is 29.9 Å². The van der Waals surface area contributed by atoms with Gasteiger partial charge >= 0.3 is 0 Å². The van der Waals surface area contributed by atoms with Gasteiger partial charge in [0.05, 0.1) is 0 Å². The molecular formula is C18H25N3. The number of hydrogen-bond acceptors (Lipinski definition) is 3. The number of nitrogens with one attached hydrogen (secondary N) is 1. The van der Waals surface area contributed by atoms with Crippen LogP contribution in [0.2, 0.25) is 0 Å². The van der Waals surface area contributed by atoms with Crippen molar-refractivity contribution in [3.05, 3.63) is 58.2 Å². The van der Waals surface area contributed by atoms with E-state index in [0.29, 0.717) is 6.04 Å². The van der Waals surface area contributed by atoms with E-state index >= 15 is 0 Å². The molecule has 3 nitrogen and oxygen atoms in total. The van der Waals surface area contributed by atoms with Gasteiger partial charge in [0.15, 0.2) is 0 Å². The lowest BCUT2D eigenvalue weighted by Crippen LogP contribution is -2.19. The van der Waals surface area contributed by atoms with Crippen LogP contribution in [0, 0.1) is 20.8 Å². The van der Waals surface area contributed by atoms with Crippen molar-refractivity contribution >= 4 is 0 Å². The summed E-state index contributed by atoms with van der Waals surface area (Å²) < 4.78 is 0. The van der Waals surface area contributed by atoms with Crippen molar-refractivity contribution in [2.75, 3.05) is 6.54 Å². The first kappa shape index (κ1) is 15.6. The third kappa shape index (κ3) is 4.11. The Morgan fingerprint density at radius 1 is 1.10 bits per heavy atom. The molecule has 3 heteroatoms. The Morgan fingerprint density at radius 2 is 1.76 bits per heavy atom. The van der Waals surface area contributed by atoms with Gasteiger partial charge in [0.2, 0.25) is 0 Å². The van der Waals surface area contributed by atoms with E-state index < -0.39 is 0 Å². The minimum atomic E-state index is 0.297. The summed E-state index contributed by atoms with van der Waals surface area (Å²) in [6.07, 6.45) is 2.76. The highest BCUT2D eigenvalue weighted by atomic mass is 14.9. The van der Waals surface area contributed by atoms with Crippen LogP contribution in [-0.2, 0) is 6.42 Å². The molecule has 0 aliphatic carbocycles. The molecule has 0 bridgehead atoms. The normalized spacial score (nSPS) is 12.4. The lowest BCUT2D eigenvalue weighted by atomic mass is 10.0. The maximum atomic E-state index is 4.68. The summed E-state index contributed by atoms with van der Waals surface area (Å²) in [6.45, 7) is 11.5. The van der Waals surface area contributed by atoms with Crippen LogP contribution in [0.25, 0.3) is 0 Å². The third-order valence-corrected chi connectivity index (χ3v) is 3.69. The predicted molar refractivity (Wildman–Crippen MR) is 87.6 cm³/mol. The zero-order chi connectivity index (χ0) is 15.4. The van der Waals surface area contributed by atoms with Crippen LogP contribution in [0.15, 0.2) is 24.4 Å².